The molecule has 0 aromatic rings. The molecule has 1 aliphatic heterocycles. The van der Waals surface area contributed by atoms with Crippen molar-refractivity contribution in [3.63, 3.8) is 0 Å². The summed E-state index contributed by atoms with van der Waals surface area (Å²) in [5.41, 5.74) is 0. The Kier molecular flexibility index (Phi) is 1.90. The Bertz CT molecular complexity index is 83.0. The van der Waals surface area contributed by atoms with E-state index in [1.807, 2.05) is 15.9 Å². The Balaban J connectivity index is 2.28. The van der Waals surface area contributed by atoms with Crippen LogP contribution in [0.3, 0.4) is 0 Å². The lowest BCUT2D eigenvalue weighted by Gasteiger charge is -2.05. The molecule has 1 heterocycles. The average Bonchev–Trinajstić information content (AvgIpc) is 2.14. The van der Waals surface area contributed by atoms with Crippen molar-refractivity contribution in [2.75, 3.05) is 5.88 Å². The van der Waals surface area contributed by atoms with Gasteiger partial charge in [-0.3, -0.25) is 9.44 Å². The van der Waals surface area contributed by atoms with Gasteiger partial charge < -0.3 is 0 Å². The van der Waals surface area contributed by atoms with Crippen molar-refractivity contribution in [2.45, 2.75) is 0 Å². The van der Waals surface area contributed by atoms with Crippen molar-refractivity contribution >= 4 is 23.9 Å². The second-order valence-electron chi connectivity index (χ2n) is 1.10. The molecule has 0 spiro atoms. The van der Waals surface area contributed by atoms with Crippen LogP contribution in [0.4, 0.5) is 0 Å². The van der Waals surface area contributed by atoms with Crippen molar-refractivity contribution in [2.24, 2.45) is 5.14 Å². The van der Waals surface area contributed by atoms with E-state index in [0.29, 0.717) is 0 Å². The number of thioether (sulfide) groups is 1. The highest BCUT2D eigenvalue weighted by atomic mass is 32.2. The standard InChI is InChI=1S/C3H6N2S2/c4-7-5-1-2-6-3-5/h1-2H,3-4H2. The number of hydrogen-bond acceptors (Lipinski definition) is 4. The fourth-order valence-electron chi connectivity index (χ4n) is 0.336. The van der Waals surface area contributed by atoms with Crippen molar-refractivity contribution in [3.05, 3.63) is 11.6 Å². The van der Waals surface area contributed by atoms with Crippen LogP contribution in [0.2, 0.25) is 0 Å². The molecule has 4 heteroatoms. The van der Waals surface area contributed by atoms with E-state index in [1.165, 1.54) is 12.1 Å². The molecule has 1 aliphatic rings. The van der Waals surface area contributed by atoms with Gasteiger partial charge in [-0.05, 0) is 5.41 Å². The van der Waals surface area contributed by atoms with Crippen LogP contribution in [0, 0.1) is 0 Å². The fraction of sp³-hybridized carbons (Fsp3) is 0.333. The van der Waals surface area contributed by atoms with Crippen molar-refractivity contribution in [1.29, 1.82) is 0 Å². The lowest BCUT2D eigenvalue weighted by molar-refractivity contribution is 0.760. The van der Waals surface area contributed by atoms with Crippen molar-refractivity contribution in [3.8, 4) is 0 Å². The van der Waals surface area contributed by atoms with Gasteiger partial charge in [0.2, 0.25) is 0 Å². The second-order valence-corrected chi connectivity index (χ2v) is 2.65. The number of nitrogens with two attached hydrogens (primary N) is 1. The predicted molar refractivity (Wildman–Crippen MR) is 35.2 cm³/mol. The minimum atomic E-state index is 0.987. The van der Waals surface area contributed by atoms with Gasteiger partial charge in [-0.25, -0.2) is 0 Å². The molecule has 0 bridgehead atoms. The number of nitrogens with zero attached hydrogens (tertiary/aromatic N) is 1. The number of hydrogen-bond donors (Lipinski definition) is 1. The van der Waals surface area contributed by atoms with Gasteiger partial charge in [-0.15, -0.1) is 11.8 Å². The number of rotatable bonds is 1. The van der Waals surface area contributed by atoms with Gasteiger partial charge in [0.05, 0.1) is 5.88 Å². The lowest BCUT2D eigenvalue weighted by Crippen LogP contribution is -2.04. The third-order valence-electron chi connectivity index (χ3n) is 0.661. The van der Waals surface area contributed by atoms with Gasteiger partial charge in [-0.1, -0.05) is 0 Å². The maximum Gasteiger partial charge on any atom is 0.0797 e. The zero-order valence-corrected chi connectivity index (χ0v) is 5.34. The summed E-state index contributed by atoms with van der Waals surface area (Å²) < 4.78 is 1.96. The molecule has 0 aliphatic carbocycles. The van der Waals surface area contributed by atoms with Crippen molar-refractivity contribution < 1.29 is 0 Å². The molecule has 0 aromatic carbocycles. The van der Waals surface area contributed by atoms with Crippen LogP contribution in [0.5, 0.6) is 0 Å². The summed E-state index contributed by atoms with van der Waals surface area (Å²) in [7, 11) is 0. The molecule has 0 saturated carbocycles. The molecule has 0 aromatic heterocycles. The molecule has 0 unspecified atom stereocenters. The largest absolute Gasteiger partial charge is 0.300 e. The quantitative estimate of drug-likeness (QED) is 0.541. The normalized spacial score (nSPS) is 18.7. The minimum absolute atomic E-state index is 0.987. The molecule has 7 heavy (non-hydrogen) atoms. The highest BCUT2D eigenvalue weighted by Gasteiger charge is 1.99. The monoisotopic (exact) mass is 134 g/mol. The van der Waals surface area contributed by atoms with Crippen LogP contribution in [0.1, 0.15) is 0 Å². The minimum Gasteiger partial charge on any atom is -0.300 e. The Labute approximate surface area is 51.4 Å². The van der Waals surface area contributed by atoms with E-state index < -0.39 is 0 Å². The SMILES string of the molecule is NSN1C=CSC1. The lowest BCUT2D eigenvalue weighted by atomic mass is 11.0. The van der Waals surface area contributed by atoms with E-state index >= 15 is 0 Å². The van der Waals surface area contributed by atoms with E-state index in [4.69, 9.17) is 5.14 Å². The Morgan fingerprint density at radius 2 is 2.71 bits per heavy atom. The molecule has 0 amide bonds. The second kappa shape index (κ2) is 2.49. The summed E-state index contributed by atoms with van der Waals surface area (Å²) in [6.45, 7) is 0. The molecule has 2 nitrogen and oxygen atoms in total. The molecule has 0 fully saturated rings. The van der Waals surface area contributed by atoms with Gasteiger partial charge in [0.15, 0.2) is 0 Å². The topological polar surface area (TPSA) is 29.3 Å². The highest BCUT2D eigenvalue weighted by Crippen LogP contribution is 2.18. The predicted octanol–water partition coefficient (Wildman–Crippen LogP) is 0.986. The van der Waals surface area contributed by atoms with Crippen LogP contribution < -0.4 is 5.14 Å². The summed E-state index contributed by atoms with van der Waals surface area (Å²) in [5.74, 6) is 0.987. The first kappa shape index (κ1) is 5.34. The smallest absolute Gasteiger partial charge is 0.0797 e. The van der Waals surface area contributed by atoms with E-state index in [2.05, 4.69) is 0 Å². The average molecular weight is 134 g/mol. The zero-order valence-electron chi connectivity index (χ0n) is 3.70. The molecule has 2 N–H and O–H groups in total. The third-order valence-corrected chi connectivity index (χ3v) is 2.09. The van der Waals surface area contributed by atoms with Gasteiger partial charge in [-0.2, -0.15) is 0 Å². The van der Waals surface area contributed by atoms with E-state index in [0.717, 1.165) is 5.88 Å². The van der Waals surface area contributed by atoms with Crippen LogP contribution in [-0.2, 0) is 0 Å². The maximum absolute atomic E-state index is 5.21. The molecule has 0 saturated heterocycles. The van der Waals surface area contributed by atoms with Gasteiger partial charge in [0.25, 0.3) is 0 Å². The summed E-state index contributed by atoms with van der Waals surface area (Å²) in [5, 5.41) is 7.24. The summed E-state index contributed by atoms with van der Waals surface area (Å²) in [6, 6.07) is 0. The van der Waals surface area contributed by atoms with Gasteiger partial charge in [0.1, 0.15) is 0 Å². The van der Waals surface area contributed by atoms with Crippen LogP contribution in [-0.4, -0.2) is 10.2 Å². The van der Waals surface area contributed by atoms with Gasteiger partial charge in [0, 0.05) is 18.3 Å². The Morgan fingerprint density at radius 1 is 1.86 bits per heavy atom. The molecule has 0 atom stereocenters. The maximum atomic E-state index is 5.21. The van der Waals surface area contributed by atoms with E-state index in [1.54, 1.807) is 11.8 Å². The van der Waals surface area contributed by atoms with E-state index in [-0.39, 0.29) is 0 Å². The first-order valence-electron chi connectivity index (χ1n) is 1.85. The molecule has 1 rings (SSSR count). The van der Waals surface area contributed by atoms with Crippen LogP contribution in [0.25, 0.3) is 0 Å². The summed E-state index contributed by atoms with van der Waals surface area (Å²) >= 11 is 3.01. The van der Waals surface area contributed by atoms with Crippen LogP contribution >= 0.6 is 23.9 Å². The Morgan fingerprint density at radius 3 is 3.00 bits per heavy atom. The first-order valence-corrected chi connectivity index (χ1v) is 3.74. The van der Waals surface area contributed by atoms with Crippen LogP contribution in [0.15, 0.2) is 11.6 Å². The van der Waals surface area contributed by atoms with Gasteiger partial charge >= 0.3 is 0 Å². The molecular weight excluding hydrogens is 128 g/mol. The molecule has 40 valence electrons. The summed E-state index contributed by atoms with van der Waals surface area (Å²) in [6.07, 6.45) is 1.97. The third kappa shape index (κ3) is 1.29. The van der Waals surface area contributed by atoms with E-state index in [9.17, 15) is 0 Å². The Hall–Kier alpha value is 0.200. The first-order chi connectivity index (χ1) is 3.43. The fourth-order valence-corrected chi connectivity index (χ4v) is 1.52. The highest BCUT2D eigenvalue weighted by molar-refractivity contribution is 8.03. The van der Waals surface area contributed by atoms with Crippen molar-refractivity contribution in [1.82, 2.24) is 4.31 Å². The summed E-state index contributed by atoms with van der Waals surface area (Å²) in [4.78, 5) is 0. The zero-order chi connectivity index (χ0) is 5.11. The molecule has 0 radical (unpaired) electrons. The molecular formula is C3H6N2S2.